The molecular formula is C37H53N3O7. The first-order valence-electron chi connectivity index (χ1n) is 17.0. The molecule has 1 aromatic carbocycles. The summed E-state index contributed by atoms with van der Waals surface area (Å²) in [5.41, 5.74) is -1.14. The van der Waals surface area contributed by atoms with E-state index < -0.39 is 59.3 Å². The third kappa shape index (κ3) is 6.90. The Morgan fingerprint density at radius 2 is 1.87 bits per heavy atom. The van der Waals surface area contributed by atoms with E-state index in [2.05, 4.69) is 18.5 Å². The summed E-state index contributed by atoms with van der Waals surface area (Å²) in [6.07, 6.45) is 4.24. The predicted octanol–water partition coefficient (Wildman–Crippen LogP) is 4.34. The minimum Gasteiger partial charge on any atom is -0.455 e. The number of esters is 1. The smallest absolute Gasteiger partial charge is 0.313 e. The van der Waals surface area contributed by atoms with Crippen LogP contribution in [-0.4, -0.2) is 87.1 Å². The highest BCUT2D eigenvalue weighted by Crippen LogP contribution is 2.59. The summed E-state index contributed by atoms with van der Waals surface area (Å²) in [6, 6.07) is 6.95. The van der Waals surface area contributed by atoms with Gasteiger partial charge in [0.1, 0.15) is 17.7 Å². The molecule has 3 fully saturated rings. The van der Waals surface area contributed by atoms with E-state index in [4.69, 9.17) is 9.47 Å². The van der Waals surface area contributed by atoms with Crippen LogP contribution in [-0.2, 0) is 28.7 Å². The lowest BCUT2D eigenvalue weighted by Crippen LogP contribution is -2.62. The number of ether oxygens (including phenoxy) is 2. The molecule has 0 aromatic heterocycles. The number of hydrogen-bond donors (Lipinski definition) is 2. The Morgan fingerprint density at radius 1 is 1.19 bits per heavy atom. The van der Waals surface area contributed by atoms with Gasteiger partial charge in [-0.2, -0.15) is 0 Å². The highest BCUT2D eigenvalue weighted by atomic mass is 16.6. The Kier molecular flexibility index (Phi) is 11.4. The highest BCUT2D eigenvalue weighted by molar-refractivity contribution is 5.98. The van der Waals surface area contributed by atoms with Crippen molar-refractivity contribution in [1.82, 2.24) is 15.1 Å². The molecule has 258 valence electrons. The molecule has 3 saturated heterocycles. The summed E-state index contributed by atoms with van der Waals surface area (Å²) in [5.74, 6) is -3.49. The van der Waals surface area contributed by atoms with E-state index in [0.29, 0.717) is 31.2 Å². The van der Waals surface area contributed by atoms with Crippen LogP contribution in [0.2, 0.25) is 0 Å². The number of amides is 3. The number of fused-ring (bicyclic) bond motifs is 1. The summed E-state index contributed by atoms with van der Waals surface area (Å²) < 4.78 is 12.9. The molecule has 3 aliphatic heterocycles. The van der Waals surface area contributed by atoms with Crippen LogP contribution < -0.4 is 5.32 Å². The van der Waals surface area contributed by atoms with Crippen molar-refractivity contribution in [2.45, 2.75) is 115 Å². The Labute approximate surface area is 279 Å². The minimum absolute atomic E-state index is 0.118. The van der Waals surface area contributed by atoms with Crippen molar-refractivity contribution in [2.24, 2.45) is 17.8 Å². The zero-order valence-electron chi connectivity index (χ0n) is 28.8. The molecule has 3 amide bonds. The first-order valence-corrected chi connectivity index (χ1v) is 17.0. The number of allylic oxidation sites excluding steroid dienone is 1. The zero-order chi connectivity index (χ0) is 34.7. The number of rotatable bonds is 15. The molecule has 0 radical (unpaired) electrons. The van der Waals surface area contributed by atoms with Crippen molar-refractivity contribution >= 4 is 23.7 Å². The molecule has 0 aliphatic carbocycles. The fraction of sp³-hybridized carbons (Fsp3) is 0.622. The van der Waals surface area contributed by atoms with Gasteiger partial charge < -0.3 is 29.7 Å². The van der Waals surface area contributed by atoms with Crippen LogP contribution >= 0.6 is 0 Å². The number of carbonyl (C=O) groups excluding carboxylic acids is 4. The van der Waals surface area contributed by atoms with Gasteiger partial charge in [0.2, 0.25) is 17.7 Å². The number of carbonyl (C=O) groups is 4. The first kappa shape index (κ1) is 36.3. The molecule has 2 N–H and O–H groups in total. The van der Waals surface area contributed by atoms with E-state index in [0.717, 1.165) is 0 Å². The number of hydrogen-bond acceptors (Lipinski definition) is 7. The molecule has 3 heterocycles. The van der Waals surface area contributed by atoms with Crippen LogP contribution in [0.25, 0.3) is 0 Å². The third-order valence-electron chi connectivity index (χ3n) is 10.3. The van der Waals surface area contributed by atoms with Crippen molar-refractivity contribution in [3.63, 3.8) is 0 Å². The Bertz CT molecular complexity index is 1330. The van der Waals surface area contributed by atoms with E-state index >= 15 is 0 Å². The second-order valence-electron chi connectivity index (χ2n) is 14.3. The number of benzene rings is 1. The van der Waals surface area contributed by atoms with Crippen molar-refractivity contribution in [2.75, 3.05) is 13.2 Å². The molecule has 4 rings (SSSR count). The summed E-state index contributed by atoms with van der Waals surface area (Å²) in [6.45, 7) is 19.0. The van der Waals surface area contributed by atoms with Gasteiger partial charge in [0.05, 0.1) is 36.6 Å². The second-order valence-corrected chi connectivity index (χ2v) is 14.3. The lowest BCUT2D eigenvalue weighted by Gasteiger charge is -2.44. The van der Waals surface area contributed by atoms with Gasteiger partial charge in [0.25, 0.3) is 0 Å². The summed E-state index contributed by atoms with van der Waals surface area (Å²) in [4.78, 5) is 59.5. The highest BCUT2D eigenvalue weighted by Gasteiger charge is 2.76. The van der Waals surface area contributed by atoms with Crippen LogP contribution in [0.15, 0.2) is 55.6 Å². The molecule has 0 saturated carbocycles. The maximum Gasteiger partial charge on any atom is 0.313 e. The molecule has 10 heteroatoms. The lowest BCUT2D eigenvalue weighted by molar-refractivity contribution is -0.163. The predicted molar refractivity (Wildman–Crippen MR) is 179 cm³/mol. The fourth-order valence-electron chi connectivity index (χ4n) is 7.72. The van der Waals surface area contributed by atoms with Gasteiger partial charge in [-0.3, -0.25) is 19.2 Å². The number of aliphatic hydroxyl groups is 1. The molecular weight excluding hydrogens is 598 g/mol. The van der Waals surface area contributed by atoms with Gasteiger partial charge in [-0.05, 0) is 58.4 Å². The van der Waals surface area contributed by atoms with Crippen molar-refractivity contribution in [3.05, 3.63) is 61.2 Å². The Morgan fingerprint density at radius 3 is 2.45 bits per heavy atom. The SMILES string of the molecule is C=CCCC(=O)N[C@H](C)[C@@H](OC(=O)[C@@H]1[C@@H]2CC[C@]3(O2)[C@H](C(=O)N(CC=C)C(C)(C)C)N([C@@H](CO)[C@@H](C)CC)C(=O)[C@@H]13)c1ccccc1. The average molecular weight is 652 g/mol. The van der Waals surface area contributed by atoms with Gasteiger partial charge in [0.15, 0.2) is 0 Å². The van der Waals surface area contributed by atoms with Crippen molar-refractivity contribution in [1.29, 1.82) is 0 Å². The van der Waals surface area contributed by atoms with Gasteiger partial charge in [-0.25, -0.2) is 0 Å². The number of nitrogens with zero attached hydrogens (tertiary/aromatic N) is 2. The molecule has 1 aromatic rings. The van der Waals surface area contributed by atoms with E-state index in [1.54, 1.807) is 24.0 Å². The maximum atomic E-state index is 14.7. The largest absolute Gasteiger partial charge is 0.455 e. The maximum absolute atomic E-state index is 14.7. The van der Waals surface area contributed by atoms with E-state index in [9.17, 15) is 24.3 Å². The molecule has 47 heavy (non-hydrogen) atoms. The normalized spacial score (nSPS) is 27.4. The van der Waals surface area contributed by atoms with Gasteiger partial charge in [0, 0.05) is 18.5 Å². The number of nitrogens with one attached hydrogen (secondary N) is 1. The van der Waals surface area contributed by atoms with Gasteiger partial charge in [-0.15, -0.1) is 13.2 Å². The monoisotopic (exact) mass is 651 g/mol. The standard InChI is InChI=1S/C37H53N3O7/c1-9-12-18-28(42)38-24(5)31(25-16-14-13-15-17-25)46-35(45)29-27-19-20-37(47-27)30(29)33(43)40(26(22-41)23(4)11-3)32(37)34(44)39(21-10-2)36(6,7)8/h9-10,13-17,23-24,26-27,29-32,41H,1-2,11-12,18-22H2,3-8H3,(H,38,42)/t23-,24+,26-,27-,29+,30+,31+,32-,37+/m0/s1. The number of likely N-dealkylation sites (tertiary alicyclic amines) is 1. The Hall–Kier alpha value is -3.50. The average Bonchev–Trinajstić information content (AvgIpc) is 3.68. The summed E-state index contributed by atoms with van der Waals surface area (Å²) >= 11 is 0. The third-order valence-corrected chi connectivity index (χ3v) is 10.3. The van der Waals surface area contributed by atoms with E-state index in [-0.39, 0.29) is 43.2 Å². The number of aliphatic hydroxyl groups excluding tert-OH is 1. The minimum atomic E-state index is -1.25. The van der Waals surface area contributed by atoms with Gasteiger partial charge >= 0.3 is 5.97 Å². The van der Waals surface area contributed by atoms with Crippen LogP contribution in [0.1, 0.15) is 85.3 Å². The summed E-state index contributed by atoms with van der Waals surface area (Å²) in [5, 5.41) is 13.6. The topological polar surface area (TPSA) is 125 Å². The Balaban J connectivity index is 1.73. The zero-order valence-corrected chi connectivity index (χ0v) is 28.8. The summed E-state index contributed by atoms with van der Waals surface area (Å²) in [7, 11) is 0. The molecule has 2 bridgehead atoms. The van der Waals surface area contributed by atoms with E-state index in [1.165, 1.54) is 4.90 Å². The fourth-order valence-corrected chi connectivity index (χ4v) is 7.72. The van der Waals surface area contributed by atoms with Crippen LogP contribution in [0, 0.1) is 17.8 Å². The molecule has 3 aliphatic rings. The molecule has 9 atom stereocenters. The van der Waals surface area contributed by atoms with Crippen molar-refractivity contribution in [3.8, 4) is 0 Å². The van der Waals surface area contributed by atoms with Gasteiger partial charge in [-0.1, -0.05) is 62.8 Å². The first-order chi connectivity index (χ1) is 22.3. The van der Waals surface area contributed by atoms with Crippen molar-refractivity contribution < 1.29 is 33.8 Å². The lowest BCUT2D eigenvalue weighted by atomic mass is 9.70. The molecule has 10 nitrogen and oxygen atoms in total. The van der Waals surface area contributed by atoms with Crippen LogP contribution in [0.3, 0.4) is 0 Å². The quantitative estimate of drug-likeness (QED) is 0.214. The molecule has 1 spiro atoms. The van der Waals surface area contributed by atoms with Crippen LogP contribution in [0.4, 0.5) is 0 Å². The van der Waals surface area contributed by atoms with E-state index in [1.807, 2.05) is 65.0 Å². The van der Waals surface area contributed by atoms with Crippen LogP contribution in [0.5, 0.6) is 0 Å². The second kappa shape index (κ2) is 14.7. The molecule has 0 unspecified atom stereocenters.